The van der Waals surface area contributed by atoms with E-state index in [1.165, 1.54) is 6.42 Å². The molecule has 1 N–H and O–H groups in total. The molecule has 0 radical (unpaired) electrons. The number of hydrogen-bond acceptors (Lipinski definition) is 3. The van der Waals surface area contributed by atoms with Crippen LogP contribution in [0.1, 0.15) is 39.5 Å². The van der Waals surface area contributed by atoms with Crippen molar-refractivity contribution in [3.8, 4) is 0 Å². The molecule has 0 saturated heterocycles. The summed E-state index contributed by atoms with van der Waals surface area (Å²) in [7, 11) is 1.86. The number of nitrogens with one attached hydrogen (secondary N) is 1. The largest absolute Gasteiger partial charge is 0.465 e. The van der Waals surface area contributed by atoms with Gasteiger partial charge in [-0.05, 0) is 32.7 Å². The van der Waals surface area contributed by atoms with E-state index in [1.54, 1.807) is 0 Å². The Morgan fingerprint density at radius 2 is 2.29 bits per heavy atom. The number of rotatable bonds is 3. The molecule has 1 aliphatic carbocycles. The van der Waals surface area contributed by atoms with E-state index in [0.29, 0.717) is 12.5 Å². The monoisotopic (exact) mass is 199 g/mol. The van der Waals surface area contributed by atoms with E-state index in [-0.39, 0.29) is 5.97 Å². The summed E-state index contributed by atoms with van der Waals surface area (Å²) in [5.41, 5.74) is -0.422. The van der Waals surface area contributed by atoms with E-state index in [4.69, 9.17) is 4.74 Å². The fourth-order valence-electron chi connectivity index (χ4n) is 2.38. The predicted molar refractivity (Wildman–Crippen MR) is 56.1 cm³/mol. The average molecular weight is 199 g/mol. The van der Waals surface area contributed by atoms with Gasteiger partial charge in [-0.2, -0.15) is 0 Å². The molecule has 0 bridgehead atoms. The van der Waals surface area contributed by atoms with E-state index < -0.39 is 5.54 Å². The molecule has 1 fully saturated rings. The zero-order valence-electron chi connectivity index (χ0n) is 9.43. The lowest BCUT2D eigenvalue weighted by molar-refractivity contribution is -0.155. The summed E-state index contributed by atoms with van der Waals surface area (Å²) in [5.74, 6) is 0.301. The van der Waals surface area contributed by atoms with Crippen molar-refractivity contribution < 1.29 is 9.53 Å². The Hall–Kier alpha value is -0.570. The maximum atomic E-state index is 11.9. The van der Waals surface area contributed by atoms with Crippen LogP contribution in [0.25, 0.3) is 0 Å². The molecule has 2 atom stereocenters. The summed E-state index contributed by atoms with van der Waals surface area (Å²) in [5, 5.41) is 3.18. The third-order valence-electron chi connectivity index (χ3n) is 3.39. The standard InChI is InChI=1S/C11H21NO2/c1-4-14-10(13)11(12-3)8-6-5-7-9(11)2/h9,12H,4-8H2,1-3H3. The number of hydrogen-bond donors (Lipinski definition) is 1. The second-order valence-corrected chi connectivity index (χ2v) is 4.09. The second kappa shape index (κ2) is 4.78. The van der Waals surface area contributed by atoms with Gasteiger partial charge in [0.2, 0.25) is 0 Å². The van der Waals surface area contributed by atoms with Crippen molar-refractivity contribution in [2.24, 2.45) is 5.92 Å². The maximum absolute atomic E-state index is 11.9. The molecule has 0 amide bonds. The molecule has 1 rings (SSSR count). The molecule has 3 heteroatoms. The first kappa shape index (κ1) is 11.5. The van der Waals surface area contributed by atoms with Crippen LogP contribution in [-0.2, 0) is 9.53 Å². The van der Waals surface area contributed by atoms with Crippen molar-refractivity contribution in [1.29, 1.82) is 0 Å². The normalized spacial score (nSPS) is 32.6. The molecule has 2 unspecified atom stereocenters. The molecule has 14 heavy (non-hydrogen) atoms. The Kier molecular flexibility index (Phi) is 3.93. The Labute approximate surface area is 86.2 Å². The molecular formula is C11H21NO2. The van der Waals surface area contributed by atoms with Gasteiger partial charge in [0.25, 0.3) is 0 Å². The summed E-state index contributed by atoms with van der Waals surface area (Å²) in [4.78, 5) is 11.9. The molecule has 0 heterocycles. The number of carbonyl (C=O) groups excluding carboxylic acids is 1. The second-order valence-electron chi connectivity index (χ2n) is 4.09. The Balaban J connectivity index is 2.76. The first-order valence-corrected chi connectivity index (χ1v) is 5.53. The van der Waals surface area contributed by atoms with Gasteiger partial charge in [-0.15, -0.1) is 0 Å². The van der Waals surface area contributed by atoms with Crippen molar-refractivity contribution in [1.82, 2.24) is 5.32 Å². The van der Waals surface area contributed by atoms with Crippen LogP contribution in [0, 0.1) is 5.92 Å². The fraction of sp³-hybridized carbons (Fsp3) is 0.909. The molecular weight excluding hydrogens is 178 g/mol. The van der Waals surface area contributed by atoms with E-state index in [1.807, 2.05) is 14.0 Å². The zero-order valence-corrected chi connectivity index (χ0v) is 9.43. The van der Waals surface area contributed by atoms with Gasteiger partial charge in [-0.1, -0.05) is 19.8 Å². The van der Waals surface area contributed by atoms with Crippen LogP contribution in [0.3, 0.4) is 0 Å². The first-order chi connectivity index (χ1) is 6.67. The quantitative estimate of drug-likeness (QED) is 0.703. The van der Waals surface area contributed by atoms with E-state index >= 15 is 0 Å². The molecule has 0 aromatic rings. The Morgan fingerprint density at radius 1 is 1.57 bits per heavy atom. The molecule has 3 nitrogen and oxygen atoms in total. The van der Waals surface area contributed by atoms with Crippen molar-refractivity contribution in [3.05, 3.63) is 0 Å². The van der Waals surface area contributed by atoms with Gasteiger partial charge < -0.3 is 10.1 Å². The fourth-order valence-corrected chi connectivity index (χ4v) is 2.38. The van der Waals surface area contributed by atoms with Gasteiger partial charge in [0.1, 0.15) is 5.54 Å². The zero-order chi connectivity index (χ0) is 10.6. The number of esters is 1. The minimum Gasteiger partial charge on any atom is -0.465 e. The van der Waals surface area contributed by atoms with Gasteiger partial charge in [0.05, 0.1) is 6.61 Å². The minimum atomic E-state index is -0.422. The van der Waals surface area contributed by atoms with E-state index in [2.05, 4.69) is 12.2 Å². The van der Waals surface area contributed by atoms with Crippen LogP contribution in [-0.4, -0.2) is 25.2 Å². The Bertz CT molecular complexity index is 205. The molecule has 0 aliphatic heterocycles. The van der Waals surface area contributed by atoms with Crippen LogP contribution in [0.5, 0.6) is 0 Å². The summed E-state index contributed by atoms with van der Waals surface area (Å²) in [6, 6.07) is 0. The third kappa shape index (κ3) is 1.92. The minimum absolute atomic E-state index is 0.0744. The van der Waals surface area contributed by atoms with Crippen LogP contribution < -0.4 is 5.32 Å². The van der Waals surface area contributed by atoms with E-state index in [0.717, 1.165) is 19.3 Å². The van der Waals surface area contributed by atoms with Crippen molar-refractivity contribution in [3.63, 3.8) is 0 Å². The lowest BCUT2D eigenvalue weighted by Gasteiger charge is -2.40. The molecule has 82 valence electrons. The Morgan fingerprint density at radius 3 is 2.79 bits per heavy atom. The molecule has 0 aromatic heterocycles. The van der Waals surface area contributed by atoms with Gasteiger partial charge in [0, 0.05) is 0 Å². The topological polar surface area (TPSA) is 38.3 Å². The molecule has 1 aliphatic rings. The SMILES string of the molecule is CCOC(=O)C1(NC)CCCCC1C. The summed E-state index contributed by atoms with van der Waals surface area (Å²) < 4.78 is 5.14. The summed E-state index contributed by atoms with van der Waals surface area (Å²) in [6.45, 7) is 4.45. The van der Waals surface area contributed by atoms with Crippen LogP contribution >= 0.6 is 0 Å². The third-order valence-corrected chi connectivity index (χ3v) is 3.39. The molecule has 0 spiro atoms. The van der Waals surface area contributed by atoms with Gasteiger partial charge in [-0.3, -0.25) is 4.79 Å². The highest BCUT2D eigenvalue weighted by Gasteiger charge is 2.44. The van der Waals surface area contributed by atoms with Gasteiger partial charge in [-0.25, -0.2) is 0 Å². The number of carbonyl (C=O) groups is 1. The highest BCUT2D eigenvalue weighted by Crippen LogP contribution is 2.34. The van der Waals surface area contributed by atoms with Crippen molar-refractivity contribution in [2.45, 2.75) is 45.1 Å². The van der Waals surface area contributed by atoms with Crippen molar-refractivity contribution >= 4 is 5.97 Å². The first-order valence-electron chi connectivity index (χ1n) is 5.53. The number of likely N-dealkylation sites (N-methyl/N-ethyl adjacent to an activating group) is 1. The average Bonchev–Trinajstić information content (AvgIpc) is 2.19. The van der Waals surface area contributed by atoms with E-state index in [9.17, 15) is 4.79 Å². The van der Waals surface area contributed by atoms with Crippen LogP contribution in [0.2, 0.25) is 0 Å². The van der Waals surface area contributed by atoms with Crippen LogP contribution in [0.15, 0.2) is 0 Å². The summed E-state index contributed by atoms with van der Waals surface area (Å²) >= 11 is 0. The van der Waals surface area contributed by atoms with Gasteiger partial charge in [0.15, 0.2) is 0 Å². The maximum Gasteiger partial charge on any atom is 0.326 e. The van der Waals surface area contributed by atoms with Gasteiger partial charge >= 0.3 is 5.97 Å². The lowest BCUT2D eigenvalue weighted by Crippen LogP contribution is -2.57. The molecule has 0 aromatic carbocycles. The smallest absolute Gasteiger partial charge is 0.326 e. The summed E-state index contributed by atoms with van der Waals surface area (Å²) in [6.07, 6.45) is 4.36. The number of ether oxygens (including phenoxy) is 1. The highest BCUT2D eigenvalue weighted by atomic mass is 16.5. The predicted octanol–water partition coefficient (Wildman–Crippen LogP) is 1.72. The highest BCUT2D eigenvalue weighted by molar-refractivity contribution is 5.81. The molecule has 1 saturated carbocycles. The van der Waals surface area contributed by atoms with Crippen molar-refractivity contribution in [2.75, 3.05) is 13.7 Å². The lowest BCUT2D eigenvalue weighted by atomic mass is 9.73. The van der Waals surface area contributed by atoms with Crippen LogP contribution in [0.4, 0.5) is 0 Å².